The van der Waals surface area contributed by atoms with Crippen molar-refractivity contribution in [3.8, 4) is 0 Å². The molecule has 0 saturated heterocycles. The Kier molecular flexibility index (Phi) is 3.99. The number of imidazole rings is 1. The molecule has 1 atom stereocenters. The molecule has 2 aromatic rings. The average Bonchev–Trinajstić information content (AvgIpc) is 2.95. The van der Waals surface area contributed by atoms with Crippen molar-refractivity contribution in [3.63, 3.8) is 0 Å². The Balaban J connectivity index is 1.83. The Morgan fingerprint density at radius 2 is 2.16 bits per heavy atom. The predicted molar refractivity (Wildman–Crippen MR) is 73.5 cm³/mol. The zero-order valence-electron chi connectivity index (χ0n) is 12.0. The van der Waals surface area contributed by atoms with E-state index in [1.54, 1.807) is 6.20 Å². The van der Waals surface area contributed by atoms with E-state index in [4.69, 9.17) is 0 Å². The second-order valence-corrected chi connectivity index (χ2v) is 5.87. The van der Waals surface area contributed by atoms with Gasteiger partial charge in [0.15, 0.2) is 0 Å². The highest BCUT2D eigenvalue weighted by atomic mass is 15.4. The van der Waals surface area contributed by atoms with E-state index in [9.17, 15) is 0 Å². The smallest absolute Gasteiger partial charge is 0.0965 e. The number of aromatic nitrogens is 5. The summed E-state index contributed by atoms with van der Waals surface area (Å²) in [5.41, 5.74) is 0.945. The molecule has 2 heterocycles. The Hall–Kier alpha value is -1.69. The van der Waals surface area contributed by atoms with Crippen molar-refractivity contribution in [2.24, 2.45) is 0 Å². The molecule has 2 aromatic heterocycles. The highest BCUT2D eigenvalue weighted by molar-refractivity contribution is 4.94. The zero-order valence-corrected chi connectivity index (χ0v) is 12.0. The Morgan fingerprint density at radius 1 is 1.37 bits per heavy atom. The van der Waals surface area contributed by atoms with Crippen LogP contribution in [0.25, 0.3) is 0 Å². The summed E-state index contributed by atoms with van der Waals surface area (Å²) in [6.07, 6.45) is 7.58. The molecule has 0 saturated carbocycles. The predicted octanol–water partition coefficient (Wildman–Crippen LogP) is 1.41. The molecule has 0 aliphatic heterocycles. The quantitative estimate of drug-likeness (QED) is 0.885. The van der Waals surface area contributed by atoms with Crippen LogP contribution in [0.3, 0.4) is 0 Å². The van der Waals surface area contributed by atoms with Crippen LogP contribution in [-0.2, 0) is 18.6 Å². The van der Waals surface area contributed by atoms with Crippen LogP contribution in [0.5, 0.6) is 0 Å². The normalized spacial score (nSPS) is 13.7. The Morgan fingerprint density at radius 3 is 2.74 bits per heavy atom. The van der Waals surface area contributed by atoms with Gasteiger partial charge in [0, 0.05) is 31.5 Å². The fourth-order valence-electron chi connectivity index (χ4n) is 1.76. The molecule has 0 aliphatic carbocycles. The van der Waals surface area contributed by atoms with Gasteiger partial charge in [-0.3, -0.25) is 0 Å². The van der Waals surface area contributed by atoms with Crippen LogP contribution in [0.15, 0.2) is 24.9 Å². The number of hydrogen-bond acceptors (Lipinski definition) is 4. The van der Waals surface area contributed by atoms with Gasteiger partial charge in [-0.05, 0) is 27.7 Å². The average molecular weight is 262 g/mol. The van der Waals surface area contributed by atoms with Crippen LogP contribution in [0.1, 0.15) is 33.4 Å². The van der Waals surface area contributed by atoms with Crippen LogP contribution < -0.4 is 5.32 Å². The fraction of sp³-hybridized carbons (Fsp3) is 0.615. The number of rotatable bonds is 5. The van der Waals surface area contributed by atoms with E-state index in [1.165, 1.54) is 0 Å². The third-order valence-corrected chi connectivity index (χ3v) is 2.90. The lowest BCUT2D eigenvalue weighted by Crippen LogP contribution is -2.29. The molecule has 0 spiro atoms. The molecule has 2 rings (SSSR count). The van der Waals surface area contributed by atoms with Crippen molar-refractivity contribution >= 4 is 0 Å². The first-order chi connectivity index (χ1) is 8.95. The van der Waals surface area contributed by atoms with Gasteiger partial charge in [0.2, 0.25) is 0 Å². The van der Waals surface area contributed by atoms with Gasteiger partial charge in [0.25, 0.3) is 0 Å². The first-order valence-electron chi connectivity index (χ1n) is 6.56. The van der Waals surface area contributed by atoms with Crippen LogP contribution in [0.4, 0.5) is 0 Å². The van der Waals surface area contributed by atoms with Gasteiger partial charge in [0.1, 0.15) is 0 Å². The molecule has 1 unspecified atom stereocenters. The third-order valence-electron chi connectivity index (χ3n) is 2.90. The zero-order chi connectivity index (χ0) is 13.9. The molecule has 0 aromatic carbocycles. The van der Waals surface area contributed by atoms with Crippen molar-refractivity contribution in [2.45, 2.75) is 52.4 Å². The van der Waals surface area contributed by atoms with Crippen LogP contribution >= 0.6 is 0 Å². The summed E-state index contributed by atoms with van der Waals surface area (Å²) in [5.74, 6) is 0. The molecule has 1 N–H and O–H groups in total. The van der Waals surface area contributed by atoms with Gasteiger partial charge >= 0.3 is 0 Å². The van der Waals surface area contributed by atoms with E-state index in [-0.39, 0.29) is 5.54 Å². The third kappa shape index (κ3) is 3.89. The molecule has 0 amide bonds. The molecule has 0 radical (unpaired) electrons. The molecule has 6 nitrogen and oxygen atoms in total. The van der Waals surface area contributed by atoms with Crippen molar-refractivity contribution in [2.75, 3.05) is 0 Å². The Bertz CT molecular complexity index is 493. The SMILES string of the molecule is CC(Cn1ccnc1)NCc1cn(C(C)(C)C)nn1. The van der Waals surface area contributed by atoms with Gasteiger partial charge in [-0.2, -0.15) is 0 Å². The molecule has 19 heavy (non-hydrogen) atoms. The van der Waals surface area contributed by atoms with E-state index >= 15 is 0 Å². The van der Waals surface area contributed by atoms with Gasteiger partial charge in [-0.1, -0.05) is 5.21 Å². The van der Waals surface area contributed by atoms with E-state index < -0.39 is 0 Å². The summed E-state index contributed by atoms with van der Waals surface area (Å²) < 4.78 is 3.95. The number of nitrogens with zero attached hydrogens (tertiary/aromatic N) is 5. The van der Waals surface area contributed by atoms with Gasteiger partial charge < -0.3 is 9.88 Å². The lowest BCUT2D eigenvalue weighted by atomic mass is 10.1. The van der Waals surface area contributed by atoms with Crippen molar-refractivity contribution in [3.05, 3.63) is 30.6 Å². The summed E-state index contributed by atoms with van der Waals surface area (Å²) in [4.78, 5) is 4.03. The first kappa shape index (κ1) is 13.7. The highest BCUT2D eigenvalue weighted by Crippen LogP contribution is 2.11. The number of nitrogens with one attached hydrogen (secondary N) is 1. The second kappa shape index (κ2) is 5.52. The standard InChI is InChI=1S/C13H22N6/c1-11(8-18-6-5-14-10-18)15-7-12-9-19(17-16-12)13(2,3)4/h5-6,9-11,15H,7-8H2,1-4H3. The summed E-state index contributed by atoms with van der Waals surface area (Å²) in [5, 5.41) is 11.8. The van der Waals surface area contributed by atoms with Crippen LogP contribution in [0.2, 0.25) is 0 Å². The lowest BCUT2D eigenvalue weighted by Gasteiger charge is -2.17. The maximum atomic E-state index is 4.18. The Labute approximate surface area is 113 Å². The maximum Gasteiger partial charge on any atom is 0.0965 e. The topological polar surface area (TPSA) is 60.6 Å². The van der Waals surface area contributed by atoms with Crippen molar-refractivity contribution < 1.29 is 0 Å². The summed E-state index contributed by atoms with van der Waals surface area (Å²) in [7, 11) is 0. The molecule has 0 fully saturated rings. The molecule has 0 bridgehead atoms. The summed E-state index contributed by atoms with van der Waals surface area (Å²) in [6, 6.07) is 0.356. The first-order valence-corrected chi connectivity index (χ1v) is 6.56. The van der Waals surface area contributed by atoms with Gasteiger partial charge in [-0.25, -0.2) is 9.67 Å². The van der Waals surface area contributed by atoms with Gasteiger partial charge in [0.05, 0.1) is 23.8 Å². The maximum absolute atomic E-state index is 4.18. The van der Waals surface area contributed by atoms with Crippen LogP contribution in [0, 0.1) is 0 Å². The van der Waals surface area contributed by atoms with E-state index in [1.807, 2.05) is 23.4 Å². The van der Waals surface area contributed by atoms with E-state index in [0.717, 1.165) is 18.8 Å². The van der Waals surface area contributed by atoms with E-state index in [2.05, 4.69) is 52.9 Å². The minimum absolute atomic E-state index is 0.0202. The minimum Gasteiger partial charge on any atom is -0.336 e. The highest BCUT2D eigenvalue weighted by Gasteiger charge is 2.15. The van der Waals surface area contributed by atoms with Crippen molar-refractivity contribution in [1.82, 2.24) is 29.9 Å². The van der Waals surface area contributed by atoms with Gasteiger partial charge in [-0.15, -0.1) is 5.10 Å². The summed E-state index contributed by atoms with van der Waals surface area (Å²) >= 11 is 0. The molecule has 104 valence electrons. The number of hydrogen-bond donors (Lipinski definition) is 1. The van der Waals surface area contributed by atoms with Crippen molar-refractivity contribution in [1.29, 1.82) is 0 Å². The fourth-order valence-corrected chi connectivity index (χ4v) is 1.76. The molecule has 0 aliphatic rings. The lowest BCUT2D eigenvalue weighted by molar-refractivity contribution is 0.346. The molecular weight excluding hydrogens is 240 g/mol. The molecule has 6 heteroatoms. The minimum atomic E-state index is -0.0202. The van der Waals surface area contributed by atoms with Crippen LogP contribution in [-0.4, -0.2) is 30.6 Å². The second-order valence-electron chi connectivity index (χ2n) is 5.87. The monoisotopic (exact) mass is 262 g/mol. The molecular formula is C13H22N6. The summed E-state index contributed by atoms with van der Waals surface area (Å²) in [6.45, 7) is 10.1. The van der Waals surface area contributed by atoms with E-state index in [0.29, 0.717) is 6.04 Å². The largest absolute Gasteiger partial charge is 0.336 e.